The van der Waals surface area contributed by atoms with Gasteiger partial charge in [-0.15, -0.1) is 0 Å². The summed E-state index contributed by atoms with van der Waals surface area (Å²) in [5.74, 6) is -0.139. The number of esters is 1. The number of alkyl halides is 1. The largest absolute Gasteiger partial charge is 0.459 e. The standard InChI is InChI=1S/C9H15BrO2/c1-9(12-8(11)7-10)5-3-2-4-6-9/h2-7H2,1H3. The normalized spacial score (nSPS) is 21.8. The highest BCUT2D eigenvalue weighted by molar-refractivity contribution is 9.09. The van der Waals surface area contributed by atoms with Crippen molar-refractivity contribution >= 4 is 21.9 Å². The maximum atomic E-state index is 11.0. The summed E-state index contributed by atoms with van der Waals surface area (Å²) in [6, 6.07) is 0. The molecule has 3 heteroatoms. The monoisotopic (exact) mass is 234 g/mol. The second-order valence-corrected chi connectivity index (χ2v) is 4.18. The van der Waals surface area contributed by atoms with E-state index in [0.717, 1.165) is 12.8 Å². The van der Waals surface area contributed by atoms with Crippen LogP contribution in [0.25, 0.3) is 0 Å². The van der Waals surface area contributed by atoms with Crippen molar-refractivity contribution in [1.82, 2.24) is 0 Å². The first kappa shape index (κ1) is 10.0. The van der Waals surface area contributed by atoms with Crippen molar-refractivity contribution in [2.75, 3.05) is 5.33 Å². The van der Waals surface area contributed by atoms with Crippen LogP contribution in [0.1, 0.15) is 39.0 Å². The summed E-state index contributed by atoms with van der Waals surface area (Å²) in [7, 11) is 0. The second-order valence-electron chi connectivity index (χ2n) is 3.62. The van der Waals surface area contributed by atoms with Gasteiger partial charge in [-0.25, -0.2) is 0 Å². The topological polar surface area (TPSA) is 26.3 Å². The SMILES string of the molecule is CC1(OC(=O)CBr)CCCCC1. The fourth-order valence-electron chi connectivity index (χ4n) is 1.70. The van der Waals surface area contributed by atoms with Crippen molar-refractivity contribution in [1.29, 1.82) is 0 Å². The summed E-state index contributed by atoms with van der Waals surface area (Å²) >= 11 is 3.09. The molecule has 0 aliphatic heterocycles. The van der Waals surface area contributed by atoms with Gasteiger partial charge in [-0.3, -0.25) is 4.79 Å². The minimum absolute atomic E-state index is 0.139. The Kier molecular flexibility index (Phi) is 3.56. The smallest absolute Gasteiger partial charge is 0.317 e. The Labute approximate surface area is 81.8 Å². The van der Waals surface area contributed by atoms with E-state index in [1.165, 1.54) is 19.3 Å². The molecule has 0 atom stereocenters. The van der Waals surface area contributed by atoms with Crippen LogP contribution in [0.2, 0.25) is 0 Å². The van der Waals surface area contributed by atoms with E-state index in [2.05, 4.69) is 15.9 Å². The quantitative estimate of drug-likeness (QED) is 0.543. The summed E-state index contributed by atoms with van der Waals surface area (Å²) in [5, 5.41) is 0.308. The van der Waals surface area contributed by atoms with Crippen LogP contribution in [-0.4, -0.2) is 16.9 Å². The van der Waals surface area contributed by atoms with Crippen LogP contribution in [0.4, 0.5) is 0 Å². The number of ether oxygens (including phenoxy) is 1. The number of carbonyl (C=O) groups is 1. The van der Waals surface area contributed by atoms with Gasteiger partial charge in [0.1, 0.15) is 10.9 Å². The van der Waals surface area contributed by atoms with Gasteiger partial charge >= 0.3 is 5.97 Å². The van der Waals surface area contributed by atoms with Crippen molar-refractivity contribution in [3.8, 4) is 0 Å². The molecule has 0 heterocycles. The first-order valence-electron chi connectivity index (χ1n) is 4.44. The number of hydrogen-bond donors (Lipinski definition) is 0. The van der Waals surface area contributed by atoms with Gasteiger partial charge < -0.3 is 4.74 Å². The third-order valence-electron chi connectivity index (χ3n) is 2.38. The predicted octanol–water partition coefficient (Wildman–Crippen LogP) is 2.65. The molecule has 0 radical (unpaired) electrons. The molecule has 2 nitrogen and oxygen atoms in total. The van der Waals surface area contributed by atoms with E-state index in [1.54, 1.807) is 0 Å². The molecule has 1 aliphatic rings. The van der Waals surface area contributed by atoms with Gasteiger partial charge in [0.05, 0.1) is 0 Å². The maximum Gasteiger partial charge on any atom is 0.317 e. The fraction of sp³-hybridized carbons (Fsp3) is 0.889. The van der Waals surface area contributed by atoms with E-state index in [4.69, 9.17) is 4.74 Å². The summed E-state index contributed by atoms with van der Waals surface area (Å²) in [6.07, 6.45) is 5.69. The predicted molar refractivity (Wildman–Crippen MR) is 51.4 cm³/mol. The molecule has 0 aromatic rings. The van der Waals surface area contributed by atoms with Gasteiger partial charge in [0, 0.05) is 0 Å². The van der Waals surface area contributed by atoms with Crippen LogP contribution in [0, 0.1) is 0 Å². The van der Waals surface area contributed by atoms with E-state index in [0.29, 0.717) is 5.33 Å². The number of carbonyl (C=O) groups excluding carboxylic acids is 1. The number of rotatable bonds is 2. The molecule has 0 amide bonds. The molecule has 12 heavy (non-hydrogen) atoms. The van der Waals surface area contributed by atoms with Crippen molar-refractivity contribution in [3.05, 3.63) is 0 Å². The lowest BCUT2D eigenvalue weighted by Gasteiger charge is -2.32. The van der Waals surface area contributed by atoms with Gasteiger partial charge in [-0.05, 0) is 32.6 Å². The summed E-state index contributed by atoms with van der Waals surface area (Å²) < 4.78 is 5.34. The average molecular weight is 235 g/mol. The van der Waals surface area contributed by atoms with Crippen molar-refractivity contribution < 1.29 is 9.53 Å². The number of halogens is 1. The highest BCUT2D eigenvalue weighted by atomic mass is 79.9. The minimum atomic E-state index is -0.177. The zero-order chi connectivity index (χ0) is 9.03. The Balaban J connectivity index is 2.41. The molecule has 0 N–H and O–H groups in total. The van der Waals surface area contributed by atoms with Crippen LogP contribution in [-0.2, 0) is 9.53 Å². The van der Waals surface area contributed by atoms with Gasteiger partial charge in [-0.1, -0.05) is 22.4 Å². The zero-order valence-corrected chi connectivity index (χ0v) is 9.02. The van der Waals surface area contributed by atoms with E-state index in [-0.39, 0.29) is 11.6 Å². The molecule has 1 fully saturated rings. The fourth-order valence-corrected chi connectivity index (χ4v) is 1.82. The molecule has 1 aliphatic carbocycles. The van der Waals surface area contributed by atoms with E-state index in [9.17, 15) is 4.79 Å². The Hall–Kier alpha value is -0.0500. The third kappa shape index (κ3) is 2.77. The average Bonchev–Trinajstić information content (AvgIpc) is 2.05. The Morgan fingerprint density at radius 3 is 2.50 bits per heavy atom. The highest BCUT2D eigenvalue weighted by Crippen LogP contribution is 2.31. The van der Waals surface area contributed by atoms with Gasteiger partial charge in [-0.2, -0.15) is 0 Å². The molecular weight excluding hydrogens is 220 g/mol. The second kappa shape index (κ2) is 4.26. The van der Waals surface area contributed by atoms with Crippen LogP contribution in [0.15, 0.2) is 0 Å². The van der Waals surface area contributed by atoms with Crippen LogP contribution in [0.5, 0.6) is 0 Å². The Morgan fingerprint density at radius 1 is 1.42 bits per heavy atom. The zero-order valence-electron chi connectivity index (χ0n) is 7.44. The van der Waals surface area contributed by atoms with Crippen LogP contribution < -0.4 is 0 Å². The molecule has 1 rings (SSSR count). The lowest BCUT2D eigenvalue weighted by molar-refractivity contribution is -0.157. The van der Waals surface area contributed by atoms with E-state index >= 15 is 0 Å². The minimum Gasteiger partial charge on any atom is -0.459 e. The Morgan fingerprint density at radius 2 is 2.00 bits per heavy atom. The van der Waals surface area contributed by atoms with Crippen molar-refractivity contribution in [3.63, 3.8) is 0 Å². The molecule has 0 unspecified atom stereocenters. The van der Waals surface area contributed by atoms with Gasteiger partial charge in [0.15, 0.2) is 0 Å². The molecule has 1 saturated carbocycles. The molecule has 0 aromatic heterocycles. The molecule has 0 aromatic carbocycles. The third-order valence-corrected chi connectivity index (χ3v) is 2.84. The summed E-state index contributed by atoms with van der Waals surface area (Å²) in [5.41, 5.74) is -0.177. The first-order chi connectivity index (χ1) is 5.66. The van der Waals surface area contributed by atoms with E-state index < -0.39 is 0 Å². The molecule has 70 valence electrons. The van der Waals surface area contributed by atoms with E-state index in [1.807, 2.05) is 6.92 Å². The molecular formula is C9H15BrO2. The first-order valence-corrected chi connectivity index (χ1v) is 5.56. The molecule has 0 saturated heterocycles. The van der Waals surface area contributed by atoms with Crippen LogP contribution >= 0.6 is 15.9 Å². The lowest BCUT2D eigenvalue weighted by Crippen LogP contribution is -2.34. The Bertz CT molecular complexity index is 162. The number of hydrogen-bond acceptors (Lipinski definition) is 2. The van der Waals surface area contributed by atoms with Crippen molar-refractivity contribution in [2.45, 2.75) is 44.6 Å². The van der Waals surface area contributed by atoms with Gasteiger partial charge in [0.25, 0.3) is 0 Å². The van der Waals surface area contributed by atoms with Crippen LogP contribution in [0.3, 0.4) is 0 Å². The lowest BCUT2D eigenvalue weighted by atomic mass is 9.86. The molecule has 0 spiro atoms. The maximum absolute atomic E-state index is 11.0. The van der Waals surface area contributed by atoms with Crippen molar-refractivity contribution in [2.24, 2.45) is 0 Å². The summed E-state index contributed by atoms with van der Waals surface area (Å²) in [4.78, 5) is 11.0. The van der Waals surface area contributed by atoms with Gasteiger partial charge in [0.2, 0.25) is 0 Å². The molecule has 0 bridgehead atoms. The highest BCUT2D eigenvalue weighted by Gasteiger charge is 2.30. The summed E-state index contributed by atoms with van der Waals surface area (Å²) in [6.45, 7) is 2.03.